The van der Waals surface area contributed by atoms with E-state index in [0.29, 0.717) is 5.39 Å². The summed E-state index contributed by atoms with van der Waals surface area (Å²) < 4.78 is 6.06. The molecule has 0 spiro atoms. The largest absolute Gasteiger partial charge is 0.454 e. The summed E-state index contributed by atoms with van der Waals surface area (Å²) in [6.45, 7) is 0. The van der Waals surface area contributed by atoms with Crippen LogP contribution in [0.3, 0.4) is 0 Å². The highest BCUT2D eigenvalue weighted by molar-refractivity contribution is 6.21. The number of rotatable bonds is 0. The molecule has 5 rings (SSSR count). The van der Waals surface area contributed by atoms with Crippen molar-refractivity contribution in [2.75, 3.05) is 0 Å². The van der Waals surface area contributed by atoms with Gasteiger partial charge in [-0.25, -0.2) is 0 Å². The van der Waals surface area contributed by atoms with Gasteiger partial charge in [0.25, 0.3) is 5.56 Å². The molecule has 0 atom stereocenters. The van der Waals surface area contributed by atoms with Gasteiger partial charge < -0.3 is 9.40 Å². The lowest BCUT2D eigenvalue weighted by atomic mass is 10.1. The van der Waals surface area contributed by atoms with E-state index in [1.54, 1.807) is 0 Å². The fraction of sp³-hybridized carbons (Fsp3) is 0. The lowest BCUT2D eigenvalue weighted by molar-refractivity contribution is 0.672. The number of pyridine rings is 1. The van der Waals surface area contributed by atoms with Gasteiger partial charge in [0.15, 0.2) is 5.58 Å². The number of hydrogen-bond donors (Lipinski definition) is 1. The van der Waals surface area contributed by atoms with Gasteiger partial charge in [0.1, 0.15) is 5.58 Å². The maximum absolute atomic E-state index is 12.4. The average molecular weight is 285 g/mol. The van der Waals surface area contributed by atoms with E-state index in [-0.39, 0.29) is 5.56 Å². The Morgan fingerprint density at radius 2 is 1.50 bits per heavy atom. The van der Waals surface area contributed by atoms with Crippen LogP contribution in [0.15, 0.2) is 69.9 Å². The summed E-state index contributed by atoms with van der Waals surface area (Å²) in [5.41, 5.74) is 2.22. The van der Waals surface area contributed by atoms with Crippen molar-refractivity contribution in [3.05, 3.63) is 71.0 Å². The highest BCUT2D eigenvalue weighted by Crippen LogP contribution is 2.35. The zero-order chi connectivity index (χ0) is 14.7. The monoisotopic (exact) mass is 285 g/mol. The molecule has 3 heteroatoms. The van der Waals surface area contributed by atoms with E-state index in [1.807, 2.05) is 48.5 Å². The van der Waals surface area contributed by atoms with Crippen LogP contribution in [0.1, 0.15) is 0 Å². The Bertz CT molecular complexity index is 1240. The minimum atomic E-state index is -0.0845. The van der Waals surface area contributed by atoms with Crippen LogP contribution in [0, 0.1) is 0 Å². The molecule has 0 aliphatic rings. The lowest BCUT2D eigenvalue weighted by Crippen LogP contribution is -2.05. The van der Waals surface area contributed by atoms with Crippen molar-refractivity contribution in [2.24, 2.45) is 0 Å². The second-order valence-corrected chi connectivity index (χ2v) is 5.47. The van der Waals surface area contributed by atoms with Crippen LogP contribution in [0.4, 0.5) is 0 Å². The highest BCUT2D eigenvalue weighted by atomic mass is 16.3. The third-order valence-electron chi connectivity index (χ3n) is 4.23. The number of H-pyrrole nitrogens is 1. The summed E-state index contributed by atoms with van der Waals surface area (Å²) in [5.74, 6) is 0. The average Bonchev–Trinajstić information content (AvgIpc) is 2.94. The van der Waals surface area contributed by atoms with Gasteiger partial charge >= 0.3 is 0 Å². The first-order valence-electron chi connectivity index (χ1n) is 7.18. The second-order valence-electron chi connectivity index (χ2n) is 5.47. The van der Waals surface area contributed by atoms with Crippen LogP contribution < -0.4 is 5.56 Å². The zero-order valence-corrected chi connectivity index (χ0v) is 11.6. The van der Waals surface area contributed by atoms with E-state index in [0.717, 1.165) is 38.2 Å². The fourth-order valence-electron chi connectivity index (χ4n) is 3.24. The van der Waals surface area contributed by atoms with Crippen molar-refractivity contribution in [3.8, 4) is 0 Å². The summed E-state index contributed by atoms with van der Waals surface area (Å²) in [4.78, 5) is 15.4. The highest BCUT2D eigenvalue weighted by Gasteiger charge is 2.14. The summed E-state index contributed by atoms with van der Waals surface area (Å²) in [6.07, 6.45) is 0. The molecule has 0 fully saturated rings. The predicted molar refractivity (Wildman–Crippen MR) is 89.4 cm³/mol. The van der Waals surface area contributed by atoms with Gasteiger partial charge in [-0.1, -0.05) is 48.5 Å². The molecule has 0 saturated heterocycles. The molecule has 0 aliphatic heterocycles. The van der Waals surface area contributed by atoms with Gasteiger partial charge in [0, 0.05) is 5.39 Å². The molecule has 0 bridgehead atoms. The van der Waals surface area contributed by atoms with E-state index in [9.17, 15) is 4.79 Å². The molecular formula is C19H11NO2. The maximum atomic E-state index is 12.4. The second kappa shape index (κ2) is 3.98. The van der Waals surface area contributed by atoms with Gasteiger partial charge in [-0.05, 0) is 22.9 Å². The first-order chi connectivity index (χ1) is 10.8. The molecule has 2 aromatic heterocycles. The Kier molecular flexibility index (Phi) is 2.09. The van der Waals surface area contributed by atoms with Crippen molar-refractivity contribution in [3.63, 3.8) is 0 Å². The van der Waals surface area contributed by atoms with Crippen molar-refractivity contribution in [2.45, 2.75) is 0 Å². The van der Waals surface area contributed by atoms with Crippen LogP contribution in [-0.4, -0.2) is 4.98 Å². The van der Waals surface area contributed by atoms with Crippen LogP contribution in [0.25, 0.3) is 43.6 Å². The van der Waals surface area contributed by atoms with Crippen molar-refractivity contribution >= 4 is 43.6 Å². The number of hydrogen-bond acceptors (Lipinski definition) is 2. The quantitative estimate of drug-likeness (QED) is 0.452. The van der Waals surface area contributed by atoms with Crippen molar-refractivity contribution in [1.29, 1.82) is 0 Å². The number of benzene rings is 3. The van der Waals surface area contributed by atoms with Crippen LogP contribution in [-0.2, 0) is 0 Å². The molecule has 0 radical (unpaired) electrons. The molecule has 0 saturated carbocycles. The first kappa shape index (κ1) is 11.6. The van der Waals surface area contributed by atoms with Gasteiger partial charge in [-0.3, -0.25) is 4.79 Å². The first-order valence-corrected chi connectivity index (χ1v) is 7.18. The van der Waals surface area contributed by atoms with Gasteiger partial charge in [0.05, 0.1) is 16.3 Å². The molecule has 3 nitrogen and oxygen atoms in total. The maximum Gasteiger partial charge on any atom is 0.256 e. The molecule has 5 aromatic rings. The Morgan fingerprint density at radius 3 is 2.36 bits per heavy atom. The van der Waals surface area contributed by atoms with Crippen molar-refractivity contribution in [1.82, 2.24) is 4.98 Å². The molecule has 3 aromatic carbocycles. The molecular weight excluding hydrogens is 274 g/mol. The smallest absolute Gasteiger partial charge is 0.256 e. The summed E-state index contributed by atoms with van der Waals surface area (Å²) in [6, 6.07) is 19.7. The third-order valence-corrected chi connectivity index (χ3v) is 4.23. The van der Waals surface area contributed by atoms with E-state index in [4.69, 9.17) is 4.42 Å². The summed E-state index contributed by atoms with van der Waals surface area (Å²) >= 11 is 0. The van der Waals surface area contributed by atoms with Gasteiger partial charge in [0.2, 0.25) is 0 Å². The van der Waals surface area contributed by atoms with Crippen LogP contribution >= 0.6 is 0 Å². The fourth-order valence-corrected chi connectivity index (χ4v) is 3.24. The number of fused-ring (bicyclic) bond motifs is 7. The molecule has 22 heavy (non-hydrogen) atoms. The summed E-state index contributed by atoms with van der Waals surface area (Å²) in [7, 11) is 0. The Morgan fingerprint density at radius 1 is 0.773 bits per heavy atom. The molecule has 0 amide bonds. The number of nitrogens with one attached hydrogen (secondary N) is 1. The van der Waals surface area contributed by atoms with E-state index < -0.39 is 0 Å². The Balaban J connectivity index is 2.16. The topological polar surface area (TPSA) is 46.0 Å². The predicted octanol–water partition coefficient (Wildman–Crippen LogP) is 4.58. The van der Waals surface area contributed by atoms with E-state index >= 15 is 0 Å². The van der Waals surface area contributed by atoms with E-state index in [2.05, 4.69) is 17.1 Å². The van der Waals surface area contributed by atoms with Crippen LogP contribution in [0.2, 0.25) is 0 Å². The molecule has 0 unspecified atom stereocenters. The standard InChI is InChI=1S/C19H11NO2/c21-19-14-8-4-3-7-13(14)18-17(20-19)16-12-6-2-1-5-11(12)9-10-15(16)22-18/h1-10H,(H,20,21). The third kappa shape index (κ3) is 1.37. The molecule has 2 heterocycles. The number of furan rings is 1. The summed E-state index contributed by atoms with van der Waals surface area (Å²) in [5, 5.41) is 4.69. The Labute approximate surface area is 124 Å². The Hall–Kier alpha value is -3.07. The zero-order valence-electron chi connectivity index (χ0n) is 11.6. The SMILES string of the molecule is O=c1[nH]c2c(oc3ccc4ccccc4c32)c2ccccc12. The lowest BCUT2D eigenvalue weighted by Gasteiger charge is -1.99. The molecule has 104 valence electrons. The minimum absolute atomic E-state index is 0.0845. The van der Waals surface area contributed by atoms with Crippen LogP contribution in [0.5, 0.6) is 0 Å². The van der Waals surface area contributed by atoms with E-state index in [1.165, 1.54) is 0 Å². The van der Waals surface area contributed by atoms with Gasteiger partial charge in [-0.2, -0.15) is 0 Å². The minimum Gasteiger partial charge on any atom is -0.454 e. The molecule has 0 aliphatic carbocycles. The van der Waals surface area contributed by atoms with Gasteiger partial charge in [-0.15, -0.1) is 0 Å². The van der Waals surface area contributed by atoms with Crippen molar-refractivity contribution < 1.29 is 4.42 Å². The number of aromatic nitrogens is 1. The molecule has 1 N–H and O–H groups in total. The number of aromatic amines is 1. The normalized spacial score (nSPS) is 11.8.